The molecule has 1 unspecified atom stereocenters. The van der Waals surface area contributed by atoms with Crippen LogP contribution in [0.25, 0.3) is 0 Å². The van der Waals surface area contributed by atoms with Crippen molar-refractivity contribution < 1.29 is 8.78 Å². The molecule has 0 saturated carbocycles. The molecule has 19 heavy (non-hydrogen) atoms. The number of nitriles is 1. The number of benzene rings is 1. The molecule has 2 rings (SSSR count). The van der Waals surface area contributed by atoms with Gasteiger partial charge in [-0.2, -0.15) is 5.26 Å². The van der Waals surface area contributed by atoms with Crippen LogP contribution < -0.4 is 5.32 Å². The number of nitrogens with zero attached hydrogens (tertiary/aromatic N) is 1. The fraction of sp³-hybridized carbons (Fsp3) is 0.214. The first kappa shape index (κ1) is 13.7. The highest BCUT2D eigenvalue weighted by Gasteiger charge is 2.12. The zero-order chi connectivity index (χ0) is 13.8. The highest BCUT2D eigenvalue weighted by atomic mass is 32.1. The minimum absolute atomic E-state index is 0.302. The van der Waals surface area contributed by atoms with Gasteiger partial charge in [-0.15, -0.1) is 11.3 Å². The van der Waals surface area contributed by atoms with E-state index in [1.807, 2.05) is 6.07 Å². The summed E-state index contributed by atoms with van der Waals surface area (Å²) in [6.07, 6.45) is 0. The molecule has 0 fully saturated rings. The molecule has 0 spiro atoms. The second-order valence-corrected chi connectivity index (χ2v) is 5.31. The molecule has 0 saturated heterocycles. The molecule has 0 amide bonds. The van der Waals surface area contributed by atoms with Crippen molar-refractivity contribution in [2.75, 3.05) is 0 Å². The van der Waals surface area contributed by atoms with Gasteiger partial charge in [0, 0.05) is 23.0 Å². The summed E-state index contributed by atoms with van der Waals surface area (Å²) >= 11 is 1.39. The maximum absolute atomic E-state index is 13.6. The summed E-state index contributed by atoms with van der Waals surface area (Å²) in [5.74, 6) is -0.877. The van der Waals surface area contributed by atoms with Crippen LogP contribution in [0.4, 0.5) is 8.78 Å². The van der Waals surface area contributed by atoms with Crippen molar-refractivity contribution in [3.63, 3.8) is 0 Å². The molecule has 1 aromatic heterocycles. The van der Waals surface area contributed by atoms with E-state index in [4.69, 9.17) is 5.26 Å². The molecular weight excluding hydrogens is 266 g/mol. The average Bonchev–Trinajstić information content (AvgIpc) is 2.87. The molecule has 1 aromatic carbocycles. The van der Waals surface area contributed by atoms with Gasteiger partial charge >= 0.3 is 0 Å². The summed E-state index contributed by atoms with van der Waals surface area (Å²) in [6, 6.07) is 8.78. The second kappa shape index (κ2) is 5.91. The lowest BCUT2D eigenvalue weighted by molar-refractivity contribution is 0.520. The minimum Gasteiger partial charge on any atom is -0.305 e. The van der Waals surface area contributed by atoms with E-state index in [0.717, 1.165) is 17.0 Å². The van der Waals surface area contributed by atoms with Gasteiger partial charge in [0.25, 0.3) is 0 Å². The third-order valence-electron chi connectivity index (χ3n) is 2.78. The molecule has 1 heterocycles. The van der Waals surface area contributed by atoms with Gasteiger partial charge in [-0.05, 0) is 37.3 Å². The fourth-order valence-corrected chi connectivity index (χ4v) is 2.50. The number of hydrogen-bond acceptors (Lipinski definition) is 3. The van der Waals surface area contributed by atoms with Crippen LogP contribution in [0.5, 0.6) is 0 Å². The Morgan fingerprint density at radius 1 is 1.32 bits per heavy atom. The van der Waals surface area contributed by atoms with E-state index in [1.165, 1.54) is 17.4 Å². The monoisotopic (exact) mass is 278 g/mol. The van der Waals surface area contributed by atoms with Gasteiger partial charge in [0.1, 0.15) is 22.6 Å². The summed E-state index contributed by atoms with van der Waals surface area (Å²) in [7, 11) is 0. The van der Waals surface area contributed by atoms with E-state index in [1.54, 1.807) is 13.0 Å². The number of rotatable bonds is 4. The standard InChI is InChI=1S/C14H12F2N2S/c1-9(13-6-10(15)2-5-14(13)16)18-8-12-4-3-11(7-17)19-12/h2-6,9,18H,8H2,1H3. The van der Waals surface area contributed by atoms with Crippen molar-refractivity contribution in [1.29, 1.82) is 5.26 Å². The molecule has 0 aliphatic carbocycles. The Kier molecular flexibility index (Phi) is 4.25. The molecule has 0 bridgehead atoms. The van der Waals surface area contributed by atoms with Gasteiger partial charge < -0.3 is 5.32 Å². The Morgan fingerprint density at radius 2 is 2.11 bits per heavy atom. The van der Waals surface area contributed by atoms with Crippen molar-refractivity contribution in [3.05, 3.63) is 57.3 Å². The predicted molar refractivity (Wildman–Crippen MR) is 70.6 cm³/mol. The second-order valence-electron chi connectivity index (χ2n) is 4.15. The maximum atomic E-state index is 13.6. The summed E-state index contributed by atoms with van der Waals surface area (Å²) in [4.78, 5) is 1.63. The number of halogens is 2. The normalized spacial score (nSPS) is 12.1. The molecule has 1 atom stereocenters. The fourth-order valence-electron chi connectivity index (χ4n) is 1.74. The summed E-state index contributed by atoms with van der Waals surface area (Å²) < 4.78 is 26.6. The van der Waals surface area contributed by atoms with Gasteiger partial charge in [-0.25, -0.2) is 8.78 Å². The third kappa shape index (κ3) is 3.37. The molecule has 2 aromatic rings. The first-order chi connectivity index (χ1) is 9.10. The van der Waals surface area contributed by atoms with Crippen molar-refractivity contribution in [2.45, 2.75) is 19.5 Å². The van der Waals surface area contributed by atoms with E-state index in [9.17, 15) is 8.78 Å². The average molecular weight is 278 g/mol. The first-order valence-corrected chi connectivity index (χ1v) is 6.59. The summed E-state index contributed by atoms with van der Waals surface area (Å²) in [5.41, 5.74) is 0.303. The van der Waals surface area contributed by atoms with E-state index in [0.29, 0.717) is 17.0 Å². The Bertz CT molecular complexity index is 616. The van der Waals surface area contributed by atoms with Crippen LogP contribution in [0.3, 0.4) is 0 Å². The maximum Gasteiger partial charge on any atom is 0.128 e. The van der Waals surface area contributed by atoms with Crippen LogP contribution in [-0.2, 0) is 6.54 Å². The summed E-state index contributed by atoms with van der Waals surface area (Å²) in [5, 5.41) is 11.8. The van der Waals surface area contributed by atoms with Crippen molar-refractivity contribution in [1.82, 2.24) is 5.32 Å². The van der Waals surface area contributed by atoms with Gasteiger partial charge in [-0.3, -0.25) is 0 Å². The lowest BCUT2D eigenvalue weighted by Crippen LogP contribution is -2.18. The van der Waals surface area contributed by atoms with E-state index in [-0.39, 0.29) is 6.04 Å². The van der Waals surface area contributed by atoms with Gasteiger partial charge in [0.05, 0.1) is 0 Å². The Morgan fingerprint density at radius 3 is 2.79 bits per heavy atom. The molecule has 0 aliphatic heterocycles. The Labute approximate surface area is 114 Å². The third-order valence-corrected chi connectivity index (χ3v) is 3.77. The molecule has 98 valence electrons. The van der Waals surface area contributed by atoms with Gasteiger partial charge in [-0.1, -0.05) is 0 Å². The molecule has 5 heteroatoms. The van der Waals surface area contributed by atoms with Crippen LogP contribution in [0.2, 0.25) is 0 Å². The molecule has 1 N–H and O–H groups in total. The highest BCUT2D eigenvalue weighted by molar-refractivity contribution is 7.12. The van der Waals surface area contributed by atoms with Crippen LogP contribution >= 0.6 is 11.3 Å². The van der Waals surface area contributed by atoms with Crippen LogP contribution in [0, 0.1) is 23.0 Å². The van der Waals surface area contributed by atoms with Crippen molar-refractivity contribution >= 4 is 11.3 Å². The van der Waals surface area contributed by atoms with Crippen molar-refractivity contribution in [2.24, 2.45) is 0 Å². The smallest absolute Gasteiger partial charge is 0.128 e. The van der Waals surface area contributed by atoms with E-state index >= 15 is 0 Å². The molecule has 2 nitrogen and oxygen atoms in total. The SMILES string of the molecule is CC(NCc1ccc(C#N)s1)c1cc(F)ccc1F. The van der Waals surface area contributed by atoms with Gasteiger partial charge in [0.15, 0.2) is 0 Å². The minimum atomic E-state index is -0.451. The predicted octanol–water partition coefficient (Wildman–Crippen LogP) is 3.75. The topological polar surface area (TPSA) is 35.8 Å². The van der Waals surface area contributed by atoms with Crippen LogP contribution in [0.1, 0.15) is 28.3 Å². The zero-order valence-electron chi connectivity index (χ0n) is 10.3. The van der Waals surface area contributed by atoms with Crippen LogP contribution in [-0.4, -0.2) is 0 Å². The largest absolute Gasteiger partial charge is 0.305 e. The van der Waals surface area contributed by atoms with Gasteiger partial charge in [0.2, 0.25) is 0 Å². The Hall–Kier alpha value is -1.77. The quantitative estimate of drug-likeness (QED) is 0.924. The molecule has 0 aliphatic rings. The number of hydrogen-bond donors (Lipinski definition) is 1. The first-order valence-electron chi connectivity index (χ1n) is 5.77. The summed E-state index contributed by atoms with van der Waals surface area (Å²) in [6.45, 7) is 2.29. The lowest BCUT2D eigenvalue weighted by Gasteiger charge is -2.14. The van der Waals surface area contributed by atoms with E-state index < -0.39 is 11.6 Å². The Balaban J connectivity index is 2.03. The lowest BCUT2D eigenvalue weighted by atomic mass is 10.1. The van der Waals surface area contributed by atoms with Crippen molar-refractivity contribution in [3.8, 4) is 6.07 Å². The number of nitrogens with one attached hydrogen (secondary N) is 1. The van der Waals surface area contributed by atoms with Crippen LogP contribution in [0.15, 0.2) is 30.3 Å². The molecular formula is C14H12F2N2S. The zero-order valence-corrected chi connectivity index (χ0v) is 11.1. The van der Waals surface area contributed by atoms with E-state index in [2.05, 4.69) is 11.4 Å². The molecule has 0 radical (unpaired) electrons. The number of thiophene rings is 1. The highest BCUT2D eigenvalue weighted by Crippen LogP contribution is 2.20.